The minimum atomic E-state index is 0.275. The van der Waals surface area contributed by atoms with Gasteiger partial charge >= 0.3 is 0 Å². The normalized spacial score (nSPS) is 18.9. The lowest BCUT2D eigenvalue weighted by molar-refractivity contribution is 0.189. The quantitative estimate of drug-likeness (QED) is 0.766. The van der Waals surface area contributed by atoms with Gasteiger partial charge in [0.05, 0.1) is 0 Å². The Hall–Kier alpha value is -1.19. The van der Waals surface area contributed by atoms with Crippen LogP contribution in [-0.2, 0) is 6.54 Å². The Morgan fingerprint density at radius 3 is 2.79 bits per heavy atom. The molecule has 0 aromatic carbocycles. The van der Waals surface area contributed by atoms with Gasteiger partial charge in [0.15, 0.2) is 0 Å². The van der Waals surface area contributed by atoms with E-state index in [0.717, 1.165) is 32.0 Å². The highest BCUT2D eigenvalue weighted by atomic mass is 16.3. The Labute approximate surface area is 116 Å². The summed E-state index contributed by atoms with van der Waals surface area (Å²) in [7, 11) is 0. The first-order valence-electron chi connectivity index (χ1n) is 7.25. The van der Waals surface area contributed by atoms with Crippen LogP contribution in [0.2, 0.25) is 0 Å². The van der Waals surface area contributed by atoms with Crippen molar-refractivity contribution < 1.29 is 5.11 Å². The summed E-state index contributed by atoms with van der Waals surface area (Å²) >= 11 is 0. The zero-order valence-electron chi connectivity index (χ0n) is 11.5. The highest BCUT2D eigenvalue weighted by Crippen LogP contribution is 2.20. The van der Waals surface area contributed by atoms with E-state index in [0.29, 0.717) is 0 Å². The molecule has 2 rings (SSSR count). The molecule has 1 aromatic rings. The van der Waals surface area contributed by atoms with Crippen LogP contribution in [0, 0.1) is 5.92 Å². The van der Waals surface area contributed by atoms with Gasteiger partial charge in [0.1, 0.15) is 0 Å². The first-order chi connectivity index (χ1) is 9.38. The Morgan fingerprint density at radius 2 is 2.11 bits per heavy atom. The molecule has 1 unspecified atom stereocenters. The molecule has 1 aromatic heterocycles. The molecule has 1 N–H and O–H groups in total. The zero-order chi connectivity index (χ0) is 13.3. The van der Waals surface area contributed by atoms with E-state index in [2.05, 4.69) is 34.2 Å². The van der Waals surface area contributed by atoms with Gasteiger partial charge in [-0.25, -0.2) is 0 Å². The fourth-order valence-electron chi connectivity index (χ4n) is 2.66. The van der Waals surface area contributed by atoms with Gasteiger partial charge in [0.25, 0.3) is 0 Å². The molecular weight excluding hydrogens is 236 g/mol. The molecule has 0 radical (unpaired) electrons. The predicted octanol–water partition coefficient (Wildman–Crippen LogP) is 2.62. The van der Waals surface area contributed by atoms with Gasteiger partial charge in [-0.15, -0.1) is 0 Å². The van der Waals surface area contributed by atoms with Crippen LogP contribution in [0.15, 0.2) is 36.7 Å². The molecule has 3 nitrogen and oxygen atoms in total. The van der Waals surface area contributed by atoms with Crippen LogP contribution in [0.4, 0.5) is 0 Å². The first kappa shape index (κ1) is 14.2. The standard InChI is InChI=1S/C16H24N2O/c19-12-4-11-18(13-15-5-2-1-3-6-15)14-16-7-9-17-10-8-16/h1-2,7-10,15,19H,3-6,11-14H2. The summed E-state index contributed by atoms with van der Waals surface area (Å²) in [6.07, 6.45) is 12.9. The number of aromatic nitrogens is 1. The number of nitrogens with zero attached hydrogens (tertiary/aromatic N) is 2. The Morgan fingerprint density at radius 1 is 1.26 bits per heavy atom. The van der Waals surface area contributed by atoms with Crippen LogP contribution in [0.1, 0.15) is 31.2 Å². The molecule has 0 bridgehead atoms. The van der Waals surface area contributed by atoms with E-state index in [1.54, 1.807) is 0 Å². The van der Waals surface area contributed by atoms with Crippen molar-refractivity contribution in [2.75, 3.05) is 19.7 Å². The third-order valence-electron chi connectivity index (χ3n) is 3.68. The van der Waals surface area contributed by atoms with Crippen molar-refractivity contribution in [2.45, 2.75) is 32.2 Å². The third-order valence-corrected chi connectivity index (χ3v) is 3.68. The fraction of sp³-hybridized carbons (Fsp3) is 0.562. The number of aliphatic hydroxyl groups is 1. The van der Waals surface area contributed by atoms with E-state index in [-0.39, 0.29) is 6.61 Å². The van der Waals surface area contributed by atoms with Gasteiger partial charge in [-0.1, -0.05) is 12.2 Å². The average molecular weight is 260 g/mol. The lowest BCUT2D eigenvalue weighted by Crippen LogP contribution is -2.31. The Bertz CT molecular complexity index is 378. The van der Waals surface area contributed by atoms with Crippen molar-refractivity contribution in [3.05, 3.63) is 42.2 Å². The number of hydrogen-bond acceptors (Lipinski definition) is 3. The maximum Gasteiger partial charge on any atom is 0.0443 e. The van der Waals surface area contributed by atoms with Crippen molar-refractivity contribution in [1.29, 1.82) is 0 Å². The van der Waals surface area contributed by atoms with E-state index in [1.807, 2.05) is 12.4 Å². The van der Waals surface area contributed by atoms with Crippen LogP contribution in [0.3, 0.4) is 0 Å². The molecule has 0 saturated heterocycles. The number of aliphatic hydroxyl groups excluding tert-OH is 1. The number of allylic oxidation sites excluding steroid dienone is 2. The fourth-order valence-corrected chi connectivity index (χ4v) is 2.66. The van der Waals surface area contributed by atoms with E-state index in [4.69, 9.17) is 5.11 Å². The van der Waals surface area contributed by atoms with Crippen molar-refractivity contribution >= 4 is 0 Å². The molecular formula is C16H24N2O. The van der Waals surface area contributed by atoms with Crippen LogP contribution >= 0.6 is 0 Å². The van der Waals surface area contributed by atoms with Gasteiger partial charge < -0.3 is 5.11 Å². The molecule has 1 heterocycles. The largest absolute Gasteiger partial charge is 0.396 e. The molecule has 0 spiro atoms. The van der Waals surface area contributed by atoms with Crippen molar-refractivity contribution in [3.63, 3.8) is 0 Å². The van der Waals surface area contributed by atoms with Gasteiger partial charge in [-0.2, -0.15) is 0 Å². The minimum Gasteiger partial charge on any atom is -0.396 e. The minimum absolute atomic E-state index is 0.275. The first-order valence-corrected chi connectivity index (χ1v) is 7.25. The van der Waals surface area contributed by atoms with Gasteiger partial charge in [-0.3, -0.25) is 9.88 Å². The summed E-state index contributed by atoms with van der Waals surface area (Å²) < 4.78 is 0. The zero-order valence-corrected chi connectivity index (χ0v) is 11.5. The summed E-state index contributed by atoms with van der Waals surface area (Å²) in [6.45, 7) is 3.34. The lowest BCUT2D eigenvalue weighted by atomic mass is 9.94. The van der Waals surface area contributed by atoms with Crippen molar-refractivity contribution in [1.82, 2.24) is 9.88 Å². The van der Waals surface area contributed by atoms with Crippen molar-refractivity contribution in [3.8, 4) is 0 Å². The van der Waals surface area contributed by atoms with Crippen LogP contribution < -0.4 is 0 Å². The Balaban J connectivity index is 1.89. The average Bonchev–Trinajstić information content (AvgIpc) is 2.47. The third kappa shape index (κ3) is 5.13. The maximum atomic E-state index is 9.04. The lowest BCUT2D eigenvalue weighted by Gasteiger charge is -2.28. The smallest absolute Gasteiger partial charge is 0.0443 e. The van der Waals surface area contributed by atoms with E-state index in [1.165, 1.54) is 24.8 Å². The second kappa shape index (κ2) is 8.08. The summed E-state index contributed by atoms with van der Waals surface area (Å²) in [4.78, 5) is 6.53. The Kier molecular flexibility index (Phi) is 6.05. The second-order valence-electron chi connectivity index (χ2n) is 5.32. The summed E-state index contributed by atoms with van der Waals surface area (Å²) in [5.74, 6) is 0.769. The molecule has 0 aliphatic heterocycles. The molecule has 0 amide bonds. The van der Waals surface area contributed by atoms with Gasteiger partial charge in [0, 0.05) is 38.6 Å². The molecule has 0 saturated carbocycles. The number of pyridine rings is 1. The van der Waals surface area contributed by atoms with E-state index >= 15 is 0 Å². The van der Waals surface area contributed by atoms with Gasteiger partial charge in [-0.05, 0) is 49.3 Å². The molecule has 1 aliphatic carbocycles. The number of hydrogen-bond donors (Lipinski definition) is 1. The van der Waals surface area contributed by atoms with E-state index in [9.17, 15) is 0 Å². The predicted molar refractivity (Wildman–Crippen MR) is 77.7 cm³/mol. The number of rotatable bonds is 7. The highest BCUT2D eigenvalue weighted by Gasteiger charge is 2.15. The van der Waals surface area contributed by atoms with Crippen LogP contribution in [0.25, 0.3) is 0 Å². The molecule has 1 atom stereocenters. The molecule has 0 fully saturated rings. The highest BCUT2D eigenvalue weighted by molar-refractivity contribution is 5.09. The molecule has 19 heavy (non-hydrogen) atoms. The molecule has 1 aliphatic rings. The SMILES string of the molecule is OCCCN(Cc1ccncc1)CC1CC=CCC1. The van der Waals surface area contributed by atoms with Crippen LogP contribution in [0.5, 0.6) is 0 Å². The van der Waals surface area contributed by atoms with E-state index < -0.39 is 0 Å². The van der Waals surface area contributed by atoms with Crippen LogP contribution in [-0.4, -0.2) is 34.7 Å². The topological polar surface area (TPSA) is 36.4 Å². The second-order valence-corrected chi connectivity index (χ2v) is 5.32. The summed E-state index contributed by atoms with van der Waals surface area (Å²) in [5, 5.41) is 9.04. The van der Waals surface area contributed by atoms with Crippen molar-refractivity contribution in [2.24, 2.45) is 5.92 Å². The summed E-state index contributed by atoms with van der Waals surface area (Å²) in [6, 6.07) is 4.15. The summed E-state index contributed by atoms with van der Waals surface area (Å²) in [5.41, 5.74) is 1.30. The maximum absolute atomic E-state index is 9.04. The molecule has 3 heteroatoms. The monoisotopic (exact) mass is 260 g/mol. The molecule has 104 valence electrons. The van der Waals surface area contributed by atoms with Gasteiger partial charge in [0.2, 0.25) is 0 Å².